The molecule has 21 heavy (non-hydrogen) atoms. The van der Waals surface area contributed by atoms with Crippen molar-refractivity contribution in [1.82, 2.24) is 5.32 Å². The van der Waals surface area contributed by atoms with Crippen molar-refractivity contribution in [3.05, 3.63) is 34.9 Å². The molecule has 0 aliphatic carbocycles. The average molecular weight is 346 g/mol. The number of benzene rings is 1. The fourth-order valence-electron chi connectivity index (χ4n) is 1.60. The summed E-state index contributed by atoms with van der Waals surface area (Å²) < 4.78 is 40.1. The normalized spacial score (nSPS) is 12.4. The highest BCUT2D eigenvalue weighted by atomic mass is 35.5. The third-order valence-corrected chi connectivity index (χ3v) is 2.90. The van der Waals surface area contributed by atoms with Gasteiger partial charge in [-0.15, -0.1) is 12.4 Å². The summed E-state index contributed by atoms with van der Waals surface area (Å²) in [6.45, 7) is -1.56. The van der Waals surface area contributed by atoms with Crippen molar-refractivity contribution >= 4 is 30.0 Å². The van der Waals surface area contributed by atoms with Crippen LogP contribution < -0.4 is 5.32 Å². The Morgan fingerprint density at radius 2 is 1.90 bits per heavy atom. The summed E-state index contributed by atoms with van der Waals surface area (Å²) in [6.07, 6.45) is -3.64. The number of likely N-dealkylation sites (N-methyl/N-ethyl adjacent to an activating group) is 1. The van der Waals surface area contributed by atoms with E-state index < -0.39 is 24.8 Å². The van der Waals surface area contributed by atoms with Gasteiger partial charge in [0.1, 0.15) is 6.04 Å². The summed E-state index contributed by atoms with van der Waals surface area (Å²) >= 11 is 5.74. The minimum Gasteiger partial charge on any atom is -0.455 e. The minimum absolute atomic E-state index is 0. The zero-order valence-electron chi connectivity index (χ0n) is 11.2. The molecule has 0 saturated carbocycles. The van der Waals surface area contributed by atoms with Gasteiger partial charge in [0.05, 0.1) is 0 Å². The Hall–Kier alpha value is -0.980. The van der Waals surface area contributed by atoms with Gasteiger partial charge in [0.2, 0.25) is 0 Å². The third-order valence-electron chi connectivity index (χ3n) is 2.65. The molecule has 0 aromatic heterocycles. The van der Waals surface area contributed by atoms with Crippen molar-refractivity contribution in [2.75, 3.05) is 13.7 Å². The Morgan fingerprint density at radius 1 is 1.33 bits per heavy atom. The molecule has 0 unspecified atom stereocenters. The first kappa shape index (κ1) is 20.0. The molecule has 1 aromatic rings. The predicted octanol–water partition coefficient (Wildman–Crippen LogP) is 3.39. The molecular formula is C13H16Cl2F3NO2. The molecule has 0 bridgehead atoms. The van der Waals surface area contributed by atoms with E-state index in [4.69, 9.17) is 11.6 Å². The number of hydrogen-bond donors (Lipinski definition) is 1. The fourth-order valence-corrected chi connectivity index (χ4v) is 1.72. The van der Waals surface area contributed by atoms with Gasteiger partial charge in [-0.05, 0) is 37.6 Å². The van der Waals surface area contributed by atoms with Crippen LogP contribution in [-0.2, 0) is 16.0 Å². The number of nitrogens with one attached hydrogen (secondary N) is 1. The van der Waals surface area contributed by atoms with Crippen LogP contribution in [0.4, 0.5) is 13.2 Å². The SMILES string of the molecule is CN[C@@H](CCc1ccc(Cl)cc1)C(=O)OCC(F)(F)F.Cl. The Labute approximate surface area is 132 Å². The maximum absolute atomic E-state index is 12.0. The maximum atomic E-state index is 12.0. The van der Waals surface area contributed by atoms with Crippen molar-refractivity contribution in [3.8, 4) is 0 Å². The second-order valence-electron chi connectivity index (χ2n) is 4.23. The van der Waals surface area contributed by atoms with Gasteiger partial charge in [-0.2, -0.15) is 13.2 Å². The smallest absolute Gasteiger partial charge is 0.422 e. The summed E-state index contributed by atoms with van der Waals surface area (Å²) in [4.78, 5) is 11.5. The minimum atomic E-state index is -4.51. The molecule has 0 fully saturated rings. The van der Waals surface area contributed by atoms with Gasteiger partial charge >= 0.3 is 12.1 Å². The monoisotopic (exact) mass is 345 g/mol. The van der Waals surface area contributed by atoms with Gasteiger partial charge in [0.25, 0.3) is 0 Å². The topological polar surface area (TPSA) is 38.3 Å². The van der Waals surface area contributed by atoms with Crippen LogP contribution in [0.3, 0.4) is 0 Å². The van der Waals surface area contributed by atoms with Crippen LogP contribution in [0.25, 0.3) is 0 Å². The molecule has 0 spiro atoms. The first-order chi connectivity index (χ1) is 9.31. The van der Waals surface area contributed by atoms with Crippen LogP contribution in [0, 0.1) is 0 Å². The van der Waals surface area contributed by atoms with E-state index in [0.29, 0.717) is 17.9 Å². The van der Waals surface area contributed by atoms with Crippen LogP contribution in [0.15, 0.2) is 24.3 Å². The van der Waals surface area contributed by atoms with Gasteiger partial charge < -0.3 is 10.1 Å². The molecule has 0 amide bonds. The van der Waals surface area contributed by atoms with Gasteiger partial charge in [-0.3, -0.25) is 4.79 Å². The average Bonchev–Trinajstić information content (AvgIpc) is 2.38. The molecular weight excluding hydrogens is 330 g/mol. The molecule has 3 nitrogen and oxygen atoms in total. The van der Waals surface area contributed by atoms with Crippen molar-refractivity contribution in [2.45, 2.75) is 25.1 Å². The van der Waals surface area contributed by atoms with Crippen molar-refractivity contribution < 1.29 is 22.7 Å². The van der Waals surface area contributed by atoms with E-state index >= 15 is 0 Å². The van der Waals surface area contributed by atoms with Crippen molar-refractivity contribution in [1.29, 1.82) is 0 Å². The first-order valence-electron chi connectivity index (χ1n) is 5.97. The number of carbonyl (C=O) groups is 1. The standard InChI is InChI=1S/C13H15ClF3NO2.ClH/c1-18-11(12(19)20-8-13(15,16)17)7-4-9-2-5-10(14)6-3-9;/h2-3,5-6,11,18H,4,7-8H2,1H3;1H/t11-;/m0./s1. The van der Waals surface area contributed by atoms with E-state index in [2.05, 4.69) is 10.1 Å². The third kappa shape index (κ3) is 8.14. The van der Waals surface area contributed by atoms with Gasteiger partial charge in [0, 0.05) is 5.02 Å². The van der Waals surface area contributed by atoms with Crippen LogP contribution >= 0.6 is 24.0 Å². The summed E-state index contributed by atoms with van der Waals surface area (Å²) in [7, 11) is 1.50. The van der Waals surface area contributed by atoms with E-state index in [1.807, 2.05) is 0 Å². The second kappa shape index (κ2) is 9.12. The molecule has 1 aromatic carbocycles. The van der Waals surface area contributed by atoms with Crippen LogP contribution in [0.5, 0.6) is 0 Å². The largest absolute Gasteiger partial charge is 0.455 e. The highest BCUT2D eigenvalue weighted by Gasteiger charge is 2.31. The van der Waals surface area contributed by atoms with Crippen molar-refractivity contribution in [2.24, 2.45) is 0 Å². The lowest BCUT2D eigenvalue weighted by Gasteiger charge is -2.16. The van der Waals surface area contributed by atoms with Gasteiger partial charge in [0.15, 0.2) is 6.61 Å². The summed E-state index contributed by atoms with van der Waals surface area (Å²) in [5.41, 5.74) is 0.943. The molecule has 0 heterocycles. The number of halogens is 5. The molecule has 1 atom stereocenters. The number of ether oxygens (including phenoxy) is 1. The quantitative estimate of drug-likeness (QED) is 0.803. The molecule has 8 heteroatoms. The number of aryl methyl sites for hydroxylation is 1. The van der Waals surface area contributed by atoms with E-state index in [-0.39, 0.29) is 12.4 Å². The maximum Gasteiger partial charge on any atom is 0.422 e. The molecule has 120 valence electrons. The van der Waals surface area contributed by atoms with Gasteiger partial charge in [-0.25, -0.2) is 0 Å². The molecule has 0 saturated heterocycles. The molecule has 0 radical (unpaired) electrons. The molecule has 0 aliphatic heterocycles. The highest BCUT2D eigenvalue weighted by molar-refractivity contribution is 6.30. The summed E-state index contributed by atoms with van der Waals surface area (Å²) in [6, 6.07) is 6.26. The van der Waals surface area contributed by atoms with E-state index in [1.165, 1.54) is 7.05 Å². The van der Waals surface area contributed by atoms with E-state index in [9.17, 15) is 18.0 Å². The lowest BCUT2D eigenvalue weighted by molar-refractivity contribution is -0.187. The van der Waals surface area contributed by atoms with E-state index in [0.717, 1.165) is 5.56 Å². The number of rotatable bonds is 6. The Bertz CT molecular complexity index is 438. The molecule has 0 aliphatic rings. The molecule has 1 N–H and O–H groups in total. The Balaban J connectivity index is 0.00000400. The predicted molar refractivity (Wildman–Crippen MR) is 76.9 cm³/mol. The van der Waals surface area contributed by atoms with Crippen molar-refractivity contribution in [3.63, 3.8) is 0 Å². The summed E-state index contributed by atoms with van der Waals surface area (Å²) in [5.74, 6) is -0.904. The van der Waals surface area contributed by atoms with Gasteiger partial charge in [-0.1, -0.05) is 23.7 Å². The van der Waals surface area contributed by atoms with Crippen LogP contribution in [-0.4, -0.2) is 31.8 Å². The lowest BCUT2D eigenvalue weighted by Crippen LogP contribution is -2.37. The number of esters is 1. The zero-order valence-corrected chi connectivity index (χ0v) is 12.8. The van der Waals surface area contributed by atoms with E-state index in [1.54, 1.807) is 24.3 Å². The van der Waals surface area contributed by atoms with Crippen LogP contribution in [0.1, 0.15) is 12.0 Å². The molecule has 1 rings (SSSR count). The second-order valence-corrected chi connectivity index (χ2v) is 4.67. The number of carbonyl (C=O) groups excluding carboxylic acids is 1. The summed E-state index contributed by atoms with van der Waals surface area (Å²) in [5, 5.41) is 3.25. The number of alkyl halides is 3. The zero-order chi connectivity index (χ0) is 15.2. The number of hydrogen-bond acceptors (Lipinski definition) is 3. The Kier molecular flexibility index (Phi) is 8.70. The fraction of sp³-hybridized carbons (Fsp3) is 0.462. The van der Waals surface area contributed by atoms with Crippen LogP contribution in [0.2, 0.25) is 5.02 Å². The highest BCUT2D eigenvalue weighted by Crippen LogP contribution is 2.16. The lowest BCUT2D eigenvalue weighted by atomic mass is 10.1. The first-order valence-corrected chi connectivity index (χ1v) is 6.34. The Morgan fingerprint density at radius 3 is 2.38 bits per heavy atom.